The monoisotopic (exact) mass is 729 g/mol. The van der Waals surface area contributed by atoms with E-state index in [1.54, 1.807) is 0 Å². The maximum absolute atomic E-state index is 2.56. The van der Waals surface area contributed by atoms with Gasteiger partial charge in [-0.1, -0.05) is 176 Å². The molecule has 0 amide bonds. The second-order valence-electron chi connectivity index (χ2n) is 14.5. The van der Waals surface area contributed by atoms with Gasteiger partial charge in [-0.25, -0.2) is 0 Å². The number of hydrogen-bond acceptors (Lipinski definition) is 2. The summed E-state index contributed by atoms with van der Waals surface area (Å²) in [6.07, 6.45) is 0. The van der Waals surface area contributed by atoms with Crippen LogP contribution in [0.25, 0.3) is 85.9 Å². The first-order valence-electron chi connectivity index (χ1n) is 19.2. The van der Waals surface area contributed by atoms with Gasteiger partial charge in [0.1, 0.15) is 0 Å². The van der Waals surface area contributed by atoms with Crippen molar-refractivity contribution in [2.24, 2.45) is 0 Å². The normalized spacial score (nSPS) is 11.6. The largest absolute Gasteiger partial charge is 0.308 e. The molecule has 11 aromatic rings. The van der Waals surface area contributed by atoms with Gasteiger partial charge < -0.3 is 4.90 Å². The van der Waals surface area contributed by atoms with Crippen LogP contribution in [0.1, 0.15) is 0 Å². The third kappa shape index (κ3) is 5.38. The fourth-order valence-corrected chi connectivity index (χ4v) is 9.81. The molecule has 0 N–H and O–H groups in total. The molecule has 1 nitrogen and oxygen atoms in total. The summed E-state index contributed by atoms with van der Waals surface area (Å²) >= 11 is 1.88. The summed E-state index contributed by atoms with van der Waals surface area (Å²) in [4.78, 5) is 2.56. The molecule has 1 heterocycles. The molecule has 0 saturated carbocycles. The van der Waals surface area contributed by atoms with Crippen molar-refractivity contribution in [1.82, 2.24) is 0 Å². The molecule has 0 aliphatic carbocycles. The number of hydrogen-bond donors (Lipinski definition) is 0. The van der Waals surface area contributed by atoms with Gasteiger partial charge in [0.05, 0.1) is 21.8 Å². The maximum Gasteiger partial charge on any atom is 0.0640 e. The first-order valence-corrected chi connectivity index (χ1v) is 20.0. The average Bonchev–Trinajstić information content (AvgIpc) is 3.66. The molecular formula is C54H35NS. The van der Waals surface area contributed by atoms with E-state index in [4.69, 9.17) is 0 Å². The predicted octanol–water partition coefficient (Wildman–Crippen LogP) is 16.0. The molecule has 0 unspecified atom stereocenters. The molecular weight excluding hydrogens is 695 g/mol. The Hall–Kier alpha value is -7.00. The van der Waals surface area contributed by atoms with E-state index in [-0.39, 0.29) is 0 Å². The van der Waals surface area contributed by atoms with E-state index >= 15 is 0 Å². The Morgan fingerprint density at radius 3 is 1.77 bits per heavy atom. The van der Waals surface area contributed by atoms with Crippen LogP contribution in [0.5, 0.6) is 0 Å². The van der Waals surface area contributed by atoms with Crippen LogP contribution in [0, 0.1) is 0 Å². The van der Waals surface area contributed by atoms with Gasteiger partial charge in [-0.2, -0.15) is 0 Å². The third-order valence-electron chi connectivity index (χ3n) is 11.2. The lowest BCUT2D eigenvalue weighted by atomic mass is 9.90. The van der Waals surface area contributed by atoms with Crippen molar-refractivity contribution >= 4 is 80.9 Å². The van der Waals surface area contributed by atoms with Crippen molar-refractivity contribution in [2.75, 3.05) is 4.90 Å². The van der Waals surface area contributed by atoms with E-state index in [9.17, 15) is 0 Å². The highest BCUT2D eigenvalue weighted by atomic mass is 32.1. The highest BCUT2D eigenvalue weighted by molar-refractivity contribution is 7.26. The minimum absolute atomic E-state index is 1.13. The van der Waals surface area contributed by atoms with Gasteiger partial charge in [-0.05, 0) is 91.0 Å². The van der Waals surface area contributed by atoms with Crippen molar-refractivity contribution < 1.29 is 0 Å². The van der Waals surface area contributed by atoms with Crippen LogP contribution in [0.15, 0.2) is 212 Å². The molecule has 0 fully saturated rings. The average molecular weight is 730 g/mol. The fraction of sp³-hybridized carbons (Fsp3) is 0. The zero-order chi connectivity index (χ0) is 37.0. The molecule has 0 atom stereocenters. The molecule has 0 radical (unpaired) electrons. The van der Waals surface area contributed by atoms with Crippen LogP contribution in [0.2, 0.25) is 0 Å². The minimum Gasteiger partial charge on any atom is -0.308 e. The summed E-state index contributed by atoms with van der Waals surface area (Å²) in [5, 5.41) is 9.92. The van der Waals surface area contributed by atoms with Gasteiger partial charge in [-0.15, -0.1) is 11.3 Å². The number of anilines is 3. The Morgan fingerprint density at radius 1 is 0.304 bits per heavy atom. The lowest BCUT2D eigenvalue weighted by Crippen LogP contribution is -2.13. The second-order valence-corrected chi connectivity index (χ2v) is 15.5. The predicted molar refractivity (Wildman–Crippen MR) is 243 cm³/mol. The van der Waals surface area contributed by atoms with Gasteiger partial charge in [0.25, 0.3) is 0 Å². The van der Waals surface area contributed by atoms with Crippen LogP contribution >= 0.6 is 11.3 Å². The standard InChI is InChI=1S/C54H35NS/c1-2-14-36(15-3-1)41-31-32-49(48(35-41)42-29-28-37-16-4-5-19-40(37)34-42)55(51-26-13-25-47-45-23-10-11-27-52(45)56-54(47)51)50-33-30-39-18-7-9-22-44(39)53(50)46-24-12-20-38-17-6-8-21-43(38)46/h1-35H. The van der Waals surface area contributed by atoms with E-state index in [1.165, 1.54) is 85.9 Å². The molecule has 2 heteroatoms. The Labute approximate surface area is 330 Å². The number of thiophene rings is 1. The Bertz CT molecular complexity index is 3260. The van der Waals surface area contributed by atoms with E-state index < -0.39 is 0 Å². The first kappa shape index (κ1) is 32.4. The lowest BCUT2D eigenvalue weighted by molar-refractivity contribution is 1.31. The van der Waals surface area contributed by atoms with E-state index in [0.29, 0.717) is 0 Å². The highest BCUT2D eigenvalue weighted by Gasteiger charge is 2.26. The summed E-state index contributed by atoms with van der Waals surface area (Å²) in [6, 6.07) is 78.0. The van der Waals surface area contributed by atoms with Gasteiger partial charge in [0, 0.05) is 26.6 Å². The van der Waals surface area contributed by atoms with E-state index in [2.05, 4.69) is 217 Å². The number of rotatable bonds is 6. The summed E-state index contributed by atoms with van der Waals surface area (Å²) in [7, 11) is 0. The first-order chi connectivity index (χ1) is 27.8. The van der Waals surface area contributed by atoms with Crippen LogP contribution in [-0.2, 0) is 0 Å². The van der Waals surface area contributed by atoms with Crippen molar-refractivity contribution in [1.29, 1.82) is 0 Å². The topological polar surface area (TPSA) is 3.24 Å². The number of benzene rings is 10. The Morgan fingerprint density at radius 2 is 0.911 bits per heavy atom. The molecule has 0 saturated heterocycles. The highest BCUT2D eigenvalue weighted by Crippen LogP contribution is 2.52. The molecule has 10 aromatic carbocycles. The Kier molecular flexibility index (Phi) is 7.75. The summed E-state index contributed by atoms with van der Waals surface area (Å²) in [5.74, 6) is 0. The number of fused-ring (bicyclic) bond motifs is 6. The summed E-state index contributed by atoms with van der Waals surface area (Å²) < 4.78 is 2.55. The van der Waals surface area contributed by atoms with Crippen molar-refractivity contribution in [3.63, 3.8) is 0 Å². The quantitative estimate of drug-likeness (QED) is 0.165. The van der Waals surface area contributed by atoms with E-state index in [1.807, 2.05) is 11.3 Å². The third-order valence-corrected chi connectivity index (χ3v) is 12.4. The van der Waals surface area contributed by atoms with Crippen molar-refractivity contribution in [3.8, 4) is 33.4 Å². The number of nitrogens with zero attached hydrogens (tertiary/aromatic N) is 1. The second kappa shape index (κ2) is 13.4. The molecule has 56 heavy (non-hydrogen) atoms. The molecule has 0 spiro atoms. The molecule has 0 bridgehead atoms. The van der Waals surface area contributed by atoms with Crippen LogP contribution < -0.4 is 4.90 Å². The fourth-order valence-electron chi connectivity index (χ4n) is 8.60. The van der Waals surface area contributed by atoms with Crippen LogP contribution in [0.4, 0.5) is 17.1 Å². The smallest absolute Gasteiger partial charge is 0.0640 e. The molecule has 11 rings (SSSR count). The van der Waals surface area contributed by atoms with Gasteiger partial charge >= 0.3 is 0 Å². The van der Waals surface area contributed by atoms with Gasteiger partial charge in [-0.3, -0.25) is 0 Å². The zero-order valence-electron chi connectivity index (χ0n) is 30.6. The summed E-state index contributed by atoms with van der Waals surface area (Å²) in [5.41, 5.74) is 10.6. The molecule has 262 valence electrons. The van der Waals surface area contributed by atoms with Gasteiger partial charge in [0.2, 0.25) is 0 Å². The molecule has 0 aliphatic rings. The lowest BCUT2D eigenvalue weighted by Gasteiger charge is -2.31. The molecule has 1 aromatic heterocycles. The minimum atomic E-state index is 1.13. The maximum atomic E-state index is 2.56. The van der Waals surface area contributed by atoms with Crippen LogP contribution in [-0.4, -0.2) is 0 Å². The summed E-state index contributed by atoms with van der Waals surface area (Å²) in [6.45, 7) is 0. The molecule has 0 aliphatic heterocycles. The van der Waals surface area contributed by atoms with Gasteiger partial charge in [0.15, 0.2) is 0 Å². The van der Waals surface area contributed by atoms with Crippen LogP contribution in [0.3, 0.4) is 0 Å². The van der Waals surface area contributed by atoms with E-state index in [0.717, 1.165) is 17.1 Å². The van der Waals surface area contributed by atoms with Crippen molar-refractivity contribution in [2.45, 2.75) is 0 Å². The Balaban J connectivity index is 1.28. The SMILES string of the molecule is c1ccc(-c2ccc(N(c3ccc4ccccc4c3-c3cccc4ccccc34)c3cccc4c3sc3ccccc34)c(-c3ccc4ccccc4c3)c2)cc1. The van der Waals surface area contributed by atoms with Crippen molar-refractivity contribution in [3.05, 3.63) is 212 Å². The zero-order valence-corrected chi connectivity index (χ0v) is 31.4.